The molecule has 0 saturated carbocycles. The number of aromatic nitrogens is 1. The van der Waals surface area contributed by atoms with Gasteiger partial charge in [0.05, 0.1) is 11.4 Å². The fourth-order valence-corrected chi connectivity index (χ4v) is 3.08. The van der Waals surface area contributed by atoms with Crippen LogP contribution in [0.2, 0.25) is 4.34 Å². The predicted molar refractivity (Wildman–Crippen MR) is 80.4 cm³/mol. The first-order chi connectivity index (χ1) is 9.21. The van der Waals surface area contributed by atoms with Crippen molar-refractivity contribution < 1.29 is 4.74 Å². The average Bonchev–Trinajstić information content (AvgIpc) is 2.84. The van der Waals surface area contributed by atoms with Gasteiger partial charge in [-0.2, -0.15) is 0 Å². The molecule has 0 saturated heterocycles. The van der Waals surface area contributed by atoms with Gasteiger partial charge in [-0.15, -0.1) is 11.3 Å². The molecule has 2 aromatic heterocycles. The van der Waals surface area contributed by atoms with Crippen molar-refractivity contribution in [3.63, 3.8) is 0 Å². The maximum atomic E-state index is 5.95. The Hall–Kier alpha value is -1.10. The third kappa shape index (κ3) is 4.20. The summed E-state index contributed by atoms with van der Waals surface area (Å²) >= 11 is 7.59. The molecule has 19 heavy (non-hydrogen) atoms. The molecule has 0 fully saturated rings. The lowest BCUT2D eigenvalue weighted by Gasteiger charge is -2.15. The van der Waals surface area contributed by atoms with Crippen molar-refractivity contribution in [2.24, 2.45) is 0 Å². The molecule has 0 amide bonds. The summed E-state index contributed by atoms with van der Waals surface area (Å²) in [6.45, 7) is 0. The van der Waals surface area contributed by atoms with Crippen LogP contribution in [0.3, 0.4) is 0 Å². The highest BCUT2D eigenvalue weighted by atomic mass is 35.5. The quantitative estimate of drug-likeness (QED) is 0.889. The second-order valence-corrected chi connectivity index (χ2v) is 6.11. The smallest absolute Gasteiger partial charge is 0.212 e. The molecule has 0 aliphatic carbocycles. The second-order valence-electron chi connectivity index (χ2n) is 4.31. The number of rotatable bonds is 6. The van der Waals surface area contributed by atoms with Crippen molar-refractivity contribution in [2.75, 3.05) is 14.2 Å². The van der Waals surface area contributed by atoms with E-state index in [1.807, 2.05) is 25.4 Å². The average molecular weight is 297 g/mol. The van der Waals surface area contributed by atoms with Crippen LogP contribution in [0.1, 0.15) is 10.4 Å². The fraction of sp³-hybridized carbons (Fsp3) is 0.357. The molecule has 0 aliphatic rings. The molecule has 5 heteroatoms. The largest absolute Gasteiger partial charge is 0.481 e. The number of hydrogen-bond acceptors (Lipinski definition) is 4. The molecule has 0 radical (unpaired) electrons. The zero-order valence-corrected chi connectivity index (χ0v) is 12.6. The minimum atomic E-state index is 0.380. The number of nitrogens with zero attached hydrogens (tertiary/aromatic N) is 1. The van der Waals surface area contributed by atoms with Crippen LogP contribution in [0.25, 0.3) is 0 Å². The van der Waals surface area contributed by atoms with Gasteiger partial charge in [-0.1, -0.05) is 17.7 Å². The van der Waals surface area contributed by atoms with E-state index in [1.165, 1.54) is 10.4 Å². The van der Waals surface area contributed by atoms with Crippen LogP contribution in [0.15, 0.2) is 30.5 Å². The van der Waals surface area contributed by atoms with Crippen molar-refractivity contribution in [1.29, 1.82) is 0 Å². The van der Waals surface area contributed by atoms with E-state index in [1.54, 1.807) is 18.4 Å². The van der Waals surface area contributed by atoms with Crippen molar-refractivity contribution >= 4 is 22.9 Å². The maximum Gasteiger partial charge on any atom is 0.212 e. The molecule has 2 heterocycles. The van der Waals surface area contributed by atoms with Gasteiger partial charge in [0, 0.05) is 23.2 Å². The second kappa shape index (κ2) is 6.89. The first-order valence-corrected chi connectivity index (χ1v) is 7.31. The van der Waals surface area contributed by atoms with E-state index in [2.05, 4.69) is 22.4 Å². The third-order valence-electron chi connectivity index (χ3n) is 2.97. The Kier molecular flexibility index (Phi) is 5.19. The zero-order chi connectivity index (χ0) is 13.7. The van der Waals surface area contributed by atoms with Crippen molar-refractivity contribution in [3.8, 4) is 5.88 Å². The number of thiophene rings is 1. The van der Waals surface area contributed by atoms with Gasteiger partial charge < -0.3 is 10.1 Å². The number of pyridine rings is 1. The van der Waals surface area contributed by atoms with Gasteiger partial charge in [0.2, 0.25) is 5.88 Å². The Morgan fingerprint density at radius 3 is 2.68 bits per heavy atom. The predicted octanol–water partition coefficient (Wildman–Crippen LogP) is 3.18. The number of nitrogens with one attached hydrogen (secondary N) is 1. The van der Waals surface area contributed by atoms with E-state index in [9.17, 15) is 0 Å². The SMILES string of the molecule is CNC(Cc1ccc(OC)nc1)Cc1ccc(Cl)s1. The fourth-order valence-electron chi connectivity index (χ4n) is 1.92. The number of halogens is 1. The number of methoxy groups -OCH3 is 1. The number of ether oxygens (including phenoxy) is 1. The van der Waals surface area contributed by atoms with Crippen LogP contribution in [-0.4, -0.2) is 25.2 Å². The van der Waals surface area contributed by atoms with E-state index >= 15 is 0 Å². The van der Waals surface area contributed by atoms with Crippen molar-refractivity contribution in [3.05, 3.63) is 45.2 Å². The Morgan fingerprint density at radius 2 is 2.16 bits per heavy atom. The van der Waals surface area contributed by atoms with Gasteiger partial charge >= 0.3 is 0 Å². The maximum absolute atomic E-state index is 5.95. The Labute approximate surface area is 122 Å². The third-order valence-corrected chi connectivity index (χ3v) is 4.23. The highest BCUT2D eigenvalue weighted by Gasteiger charge is 2.10. The first-order valence-electron chi connectivity index (χ1n) is 6.11. The number of hydrogen-bond donors (Lipinski definition) is 1. The Balaban J connectivity index is 1.97. The van der Waals surface area contributed by atoms with Crippen LogP contribution in [-0.2, 0) is 12.8 Å². The molecule has 3 nitrogen and oxygen atoms in total. The molecule has 1 N–H and O–H groups in total. The molecule has 1 atom stereocenters. The summed E-state index contributed by atoms with van der Waals surface area (Å²) in [5.74, 6) is 0.648. The molecule has 2 aromatic rings. The first kappa shape index (κ1) is 14.3. The minimum Gasteiger partial charge on any atom is -0.481 e. The zero-order valence-electron chi connectivity index (χ0n) is 11.0. The minimum absolute atomic E-state index is 0.380. The van der Waals surface area contributed by atoms with Crippen LogP contribution < -0.4 is 10.1 Å². The summed E-state index contributed by atoms with van der Waals surface area (Å²) in [6, 6.07) is 8.36. The molecule has 0 aromatic carbocycles. The van der Waals surface area contributed by atoms with E-state index < -0.39 is 0 Å². The van der Waals surface area contributed by atoms with Crippen molar-refractivity contribution in [1.82, 2.24) is 10.3 Å². The van der Waals surface area contributed by atoms with Gasteiger partial charge in [0.25, 0.3) is 0 Å². The molecule has 102 valence electrons. The van der Waals surface area contributed by atoms with Gasteiger partial charge in [0.1, 0.15) is 0 Å². The van der Waals surface area contributed by atoms with Crippen LogP contribution in [0.4, 0.5) is 0 Å². The summed E-state index contributed by atoms with van der Waals surface area (Å²) in [5.41, 5.74) is 1.20. The standard InChI is InChI=1S/C14H17ClN2OS/c1-16-11(8-12-4-5-13(15)19-12)7-10-3-6-14(18-2)17-9-10/h3-6,9,11,16H,7-8H2,1-2H3. The monoisotopic (exact) mass is 296 g/mol. The van der Waals surface area contributed by atoms with E-state index in [4.69, 9.17) is 16.3 Å². The van der Waals surface area contributed by atoms with Gasteiger partial charge in [-0.05, 0) is 37.6 Å². The molecule has 0 bridgehead atoms. The Bertz CT molecular complexity index is 512. The van der Waals surface area contributed by atoms with Crippen LogP contribution >= 0.6 is 22.9 Å². The van der Waals surface area contributed by atoms with Crippen molar-refractivity contribution in [2.45, 2.75) is 18.9 Å². The lowest BCUT2D eigenvalue weighted by Crippen LogP contribution is -2.29. The molecule has 1 unspecified atom stereocenters. The summed E-state index contributed by atoms with van der Waals surface area (Å²) in [6.07, 6.45) is 3.77. The molecule has 2 rings (SSSR count). The lowest BCUT2D eigenvalue weighted by atomic mass is 10.0. The number of likely N-dealkylation sites (N-methyl/N-ethyl adjacent to an activating group) is 1. The molecule has 0 spiro atoms. The highest BCUT2D eigenvalue weighted by molar-refractivity contribution is 7.16. The van der Waals surface area contributed by atoms with Crippen LogP contribution in [0, 0.1) is 0 Å². The summed E-state index contributed by atoms with van der Waals surface area (Å²) in [7, 11) is 3.61. The topological polar surface area (TPSA) is 34.1 Å². The summed E-state index contributed by atoms with van der Waals surface area (Å²) in [4.78, 5) is 5.52. The molecular formula is C14H17ClN2OS. The van der Waals surface area contributed by atoms with Gasteiger partial charge in [-0.3, -0.25) is 0 Å². The summed E-state index contributed by atoms with van der Waals surface area (Å²) < 4.78 is 5.90. The normalized spacial score (nSPS) is 12.4. The van der Waals surface area contributed by atoms with E-state index in [0.29, 0.717) is 11.9 Å². The van der Waals surface area contributed by atoms with Gasteiger partial charge in [0.15, 0.2) is 0 Å². The lowest BCUT2D eigenvalue weighted by molar-refractivity contribution is 0.397. The highest BCUT2D eigenvalue weighted by Crippen LogP contribution is 2.23. The summed E-state index contributed by atoms with van der Waals surface area (Å²) in [5, 5.41) is 3.34. The van der Waals surface area contributed by atoms with E-state index in [-0.39, 0.29) is 0 Å². The molecule has 0 aliphatic heterocycles. The van der Waals surface area contributed by atoms with Crippen LogP contribution in [0.5, 0.6) is 5.88 Å². The molecular weight excluding hydrogens is 280 g/mol. The Morgan fingerprint density at radius 1 is 1.32 bits per heavy atom. The van der Waals surface area contributed by atoms with E-state index in [0.717, 1.165) is 17.2 Å². The van der Waals surface area contributed by atoms with Gasteiger partial charge in [-0.25, -0.2) is 4.98 Å².